The van der Waals surface area contributed by atoms with E-state index in [4.69, 9.17) is 0 Å². The van der Waals surface area contributed by atoms with Crippen LogP contribution in [0.5, 0.6) is 0 Å². The highest BCUT2D eigenvalue weighted by molar-refractivity contribution is 5.51. The molecule has 1 saturated carbocycles. The number of hydrogen-bond acceptors (Lipinski definition) is 4. The van der Waals surface area contributed by atoms with Crippen molar-refractivity contribution in [2.24, 2.45) is 0 Å². The standard InChI is InChI=1S/C14H19N3O2/c1-10-7-12(9-16(10)13-5-6-13)15-11-3-2-4-14(8-11)17(18)19/h2-4,8,10,12-13,15H,5-7,9H2,1H3. The summed E-state index contributed by atoms with van der Waals surface area (Å²) in [6, 6.07) is 8.58. The Bertz CT molecular complexity index is 487. The average Bonchev–Trinajstić information content (AvgIpc) is 3.15. The molecule has 1 saturated heterocycles. The number of benzene rings is 1. The van der Waals surface area contributed by atoms with E-state index >= 15 is 0 Å². The summed E-state index contributed by atoms with van der Waals surface area (Å²) in [5, 5.41) is 14.2. The van der Waals surface area contributed by atoms with Gasteiger partial charge in [0.2, 0.25) is 0 Å². The van der Waals surface area contributed by atoms with Crippen LogP contribution in [0.1, 0.15) is 26.2 Å². The van der Waals surface area contributed by atoms with Gasteiger partial charge in [-0.1, -0.05) is 6.07 Å². The van der Waals surface area contributed by atoms with Crippen molar-refractivity contribution in [2.45, 2.75) is 44.3 Å². The summed E-state index contributed by atoms with van der Waals surface area (Å²) in [5.41, 5.74) is 0.999. The van der Waals surface area contributed by atoms with Gasteiger partial charge in [0.15, 0.2) is 0 Å². The number of nitrogens with one attached hydrogen (secondary N) is 1. The first-order valence-electron chi connectivity index (χ1n) is 6.90. The molecule has 1 aliphatic heterocycles. The lowest BCUT2D eigenvalue weighted by Gasteiger charge is -2.19. The van der Waals surface area contributed by atoms with E-state index in [0.717, 1.165) is 24.7 Å². The Morgan fingerprint density at radius 3 is 2.89 bits per heavy atom. The fraction of sp³-hybridized carbons (Fsp3) is 0.571. The van der Waals surface area contributed by atoms with Gasteiger partial charge in [-0.2, -0.15) is 0 Å². The zero-order valence-electron chi connectivity index (χ0n) is 11.1. The number of nitro benzene ring substituents is 1. The first-order valence-corrected chi connectivity index (χ1v) is 6.90. The molecule has 5 heteroatoms. The highest BCUT2D eigenvalue weighted by atomic mass is 16.6. The molecule has 0 spiro atoms. The minimum Gasteiger partial charge on any atom is -0.381 e. The molecular weight excluding hydrogens is 242 g/mol. The van der Waals surface area contributed by atoms with Gasteiger partial charge in [0.05, 0.1) is 4.92 Å². The molecule has 3 rings (SSSR count). The van der Waals surface area contributed by atoms with Gasteiger partial charge in [0.1, 0.15) is 0 Å². The van der Waals surface area contributed by atoms with Gasteiger partial charge < -0.3 is 5.32 Å². The van der Waals surface area contributed by atoms with Gasteiger partial charge in [-0.3, -0.25) is 15.0 Å². The Kier molecular flexibility index (Phi) is 3.14. The fourth-order valence-electron chi connectivity index (χ4n) is 3.02. The summed E-state index contributed by atoms with van der Waals surface area (Å²) in [5.74, 6) is 0. The number of hydrogen-bond donors (Lipinski definition) is 1. The first-order chi connectivity index (χ1) is 9.13. The molecule has 2 unspecified atom stereocenters. The molecule has 19 heavy (non-hydrogen) atoms. The molecular formula is C14H19N3O2. The Hall–Kier alpha value is -1.62. The zero-order valence-corrected chi connectivity index (χ0v) is 11.1. The third-order valence-corrected chi connectivity index (χ3v) is 4.07. The van der Waals surface area contributed by atoms with E-state index < -0.39 is 0 Å². The third kappa shape index (κ3) is 2.71. The molecule has 0 radical (unpaired) electrons. The number of nitro groups is 1. The summed E-state index contributed by atoms with van der Waals surface area (Å²) in [7, 11) is 0. The number of non-ortho nitro benzene ring substituents is 1. The van der Waals surface area contributed by atoms with Crippen molar-refractivity contribution in [1.82, 2.24) is 4.90 Å². The summed E-state index contributed by atoms with van der Waals surface area (Å²) in [6.07, 6.45) is 3.76. The first kappa shape index (κ1) is 12.4. The second-order valence-corrected chi connectivity index (χ2v) is 5.66. The van der Waals surface area contributed by atoms with E-state index in [2.05, 4.69) is 17.1 Å². The number of nitrogens with zero attached hydrogens (tertiary/aromatic N) is 2. The summed E-state index contributed by atoms with van der Waals surface area (Å²) >= 11 is 0. The van der Waals surface area contributed by atoms with Crippen molar-refractivity contribution >= 4 is 11.4 Å². The number of anilines is 1. The summed E-state index contributed by atoms with van der Waals surface area (Å²) < 4.78 is 0. The maximum absolute atomic E-state index is 10.8. The van der Waals surface area contributed by atoms with Crippen LogP contribution in [0, 0.1) is 10.1 Å². The summed E-state index contributed by atoms with van der Waals surface area (Å²) in [6.45, 7) is 3.32. The van der Waals surface area contributed by atoms with E-state index in [9.17, 15) is 10.1 Å². The van der Waals surface area contributed by atoms with Gasteiger partial charge in [0.25, 0.3) is 5.69 Å². The SMILES string of the molecule is CC1CC(Nc2cccc([N+](=O)[O-])c2)CN1C1CC1. The van der Waals surface area contributed by atoms with Crippen molar-refractivity contribution in [3.8, 4) is 0 Å². The van der Waals surface area contributed by atoms with Crippen LogP contribution in [-0.2, 0) is 0 Å². The lowest BCUT2D eigenvalue weighted by atomic mass is 10.2. The van der Waals surface area contributed by atoms with E-state index in [-0.39, 0.29) is 10.6 Å². The smallest absolute Gasteiger partial charge is 0.271 e. The molecule has 1 aliphatic carbocycles. The highest BCUT2D eigenvalue weighted by Crippen LogP contribution is 2.34. The molecule has 1 heterocycles. The zero-order chi connectivity index (χ0) is 13.4. The molecule has 2 atom stereocenters. The second-order valence-electron chi connectivity index (χ2n) is 5.66. The van der Waals surface area contributed by atoms with Crippen LogP contribution in [0.4, 0.5) is 11.4 Å². The topological polar surface area (TPSA) is 58.4 Å². The molecule has 0 amide bonds. The molecule has 0 aromatic heterocycles. The predicted molar refractivity (Wildman–Crippen MR) is 74.3 cm³/mol. The lowest BCUT2D eigenvalue weighted by molar-refractivity contribution is -0.384. The van der Waals surface area contributed by atoms with Gasteiger partial charge in [-0.15, -0.1) is 0 Å². The van der Waals surface area contributed by atoms with Crippen molar-refractivity contribution < 1.29 is 4.92 Å². The Balaban J connectivity index is 1.65. The van der Waals surface area contributed by atoms with Gasteiger partial charge in [0, 0.05) is 42.5 Å². The molecule has 2 aliphatic rings. The van der Waals surface area contributed by atoms with Crippen molar-refractivity contribution in [3.05, 3.63) is 34.4 Å². The fourth-order valence-corrected chi connectivity index (χ4v) is 3.02. The van der Waals surface area contributed by atoms with Crippen LogP contribution in [0.15, 0.2) is 24.3 Å². The quantitative estimate of drug-likeness (QED) is 0.668. The predicted octanol–water partition coefficient (Wildman–Crippen LogP) is 2.63. The van der Waals surface area contributed by atoms with Gasteiger partial charge in [-0.25, -0.2) is 0 Å². The Morgan fingerprint density at radius 2 is 2.21 bits per heavy atom. The maximum atomic E-state index is 10.8. The van der Waals surface area contributed by atoms with Crippen LogP contribution in [0.2, 0.25) is 0 Å². The minimum atomic E-state index is -0.348. The minimum absolute atomic E-state index is 0.148. The Labute approximate surface area is 112 Å². The summed E-state index contributed by atoms with van der Waals surface area (Å²) in [4.78, 5) is 13.0. The molecule has 2 fully saturated rings. The van der Waals surface area contributed by atoms with Crippen molar-refractivity contribution in [2.75, 3.05) is 11.9 Å². The average molecular weight is 261 g/mol. The van der Waals surface area contributed by atoms with E-state index in [1.165, 1.54) is 18.9 Å². The van der Waals surface area contributed by atoms with Crippen LogP contribution >= 0.6 is 0 Å². The molecule has 102 valence electrons. The third-order valence-electron chi connectivity index (χ3n) is 4.07. The largest absolute Gasteiger partial charge is 0.381 e. The maximum Gasteiger partial charge on any atom is 0.271 e. The molecule has 1 N–H and O–H groups in total. The van der Waals surface area contributed by atoms with Crippen molar-refractivity contribution in [3.63, 3.8) is 0 Å². The van der Waals surface area contributed by atoms with Crippen LogP contribution < -0.4 is 5.32 Å². The molecule has 0 bridgehead atoms. The van der Waals surface area contributed by atoms with E-state index in [1.54, 1.807) is 12.1 Å². The Morgan fingerprint density at radius 1 is 1.42 bits per heavy atom. The molecule has 1 aromatic rings. The van der Waals surface area contributed by atoms with Crippen molar-refractivity contribution in [1.29, 1.82) is 0 Å². The van der Waals surface area contributed by atoms with Gasteiger partial charge >= 0.3 is 0 Å². The monoisotopic (exact) mass is 261 g/mol. The van der Waals surface area contributed by atoms with Crippen LogP contribution in [0.25, 0.3) is 0 Å². The highest BCUT2D eigenvalue weighted by Gasteiger charge is 2.38. The van der Waals surface area contributed by atoms with Gasteiger partial charge in [-0.05, 0) is 32.3 Å². The van der Waals surface area contributed by atoms with Crippen LogP contribution in [-0.4, -0.2) is 34.5 Å². The van der Waals surface area contributed by atoms with E-state index in [1.807, 2.05) is 6.07 Å². The lowest BCUT2D eigenvalue weighted by Crippen LogP contribution is -2.31. The van der Waals surface area contributed by atoms with E-state index in [0.29, 0.717) is 12.1 Å². The normalized spacial score (nSPS) is 27.4. The number of rotatable bonds is 4. The molecule has 5 nitrogen and oxygen atoms in total. The van der Waals surface area contributed by atoms with Crippen LogP contribution in [0.3, 0.4) is 0 Å². The number of likely N-dealkylation sites (tertiary alicyclic amines) is 1. The molecule has 1 aromatic carbocycles. The second kappa shape index (κ2) is 4.81.